The second-order valence-electron chi connectivity index (χ2n) is 9.35. The topological polar surface area (TPSA) is 0 Å². The molecule has 3 rings (SSSR count). The smallest absolute Gasteiger partial charge is 0.0269 e. The van der Waals surface area contributed by atoms with Gasteiger partial charge in [-0.1, -0.05) is 78.6 Å². The third-order valence-corrected chi connectivity index (χ3v) is 7.90. The summed E-state index contributed by atoms with van der Waals surface area (Å²) in [5, 5.41) is 0. The Bertz CT molecular complexity index is 340. The lowest BCUT2D eigenvalue weighted by molar-refractivity contribution is 0.130. The van der Waals surface area contributed by atoms with Crippen molar-refractivity contribution in [2.75, 3.05) is 0 Å². The molecule has 4 unspecified atom stereocenters. The van der Waals surface area contributed by atoms with Gasteiger partial charge in [-0.3, -0.25) is 0 Å². The highest BCUT2D eigenvalue weighted by molar-refractivity contribution is 5.01. The fourth-order valence-corrected chi connectivity index (χ4v) is 6.79. The zero-order valence-electron chi connectivity index (χ0n) is 14.9. The second-order valence-corrected chi connectivity index (χ2v) is 9.35. The predicted molar refractivity (Wildman–Crippen MR) is 92.4 cm³/mol. The van der Waals surface area contributed by atoms with Gasteiger partial charge in [-0.25, -0.2) is 0 Å². The molecule has 0 radical (unpaired) electrons. The van der Waals surface area contributed by atoms with Gasteiger partial charge in [0.15, 0.2) is 0 Å². The molecule has 122 valence electrons. The van der Waals surface area contributed by atoms with Crippen LogP contribution in [0.4, 0.5) is 0 Å². The van der Waals surface area contributed by atoms with Crippen LogP contribution in [0.2, 0.25) is 0 Å². The Hall–Kier alpha value is 0. The summed E-state index contributed by atoms with van der Waals surface area (Å²) in [5.41, 5.74) is 1.37. The zero-order chi connectivity index (χ0) is 14.9. The average molecular weight is 291 g/mol. The van der Waals surface area contributed by atoms with Gasteiger partial charge in [-0.15, -0.1) is 0 Å². The van der Waals surface area contributed by atoms with Crippen LogP contribution in [0.25, 0.3) is 0 Å². The lowest BCUT2D eigenvalue weighted by Crippen LogP contribution is -2.27. The predicted octanol–water partition coefficient (Wildman–Crippen LogP) is 6.98. The van der Waals surface area contributed by atoms with Crippen molar-refractivity contribution in [2.45, 2.75) is 104 Å². The number of fused-ring (bicyclic) bond motifs is 5. The molecule has 3 saturated carbocycles. The van der Waals surface area contributed by atoms with Crippen LogP contribution >= 0.6 is 0 Å². The molecule has 0 nitrogen and oxygen atoms in total. The van der Waals surface area contributed by atoms with Crippen molar-refractivity contribution in [3.63, 3.8) is 0 Å². The molecule has 0 aromatic carbocycles. The monoisotopic (exact) mass is 290 g/mol. The summed E-state index contributed by atoms with van der Waals surface area (Å²) in [5.74, 6) is 3.16. The molecule has 3 aliphatic carbocycles. The standard InChI is InChI=1S/C21H38/c1-4-21(5-2)16-20(3)14-18-10-8-6-7-9-17(11-12-18)13-19(21)15-20/h17-19H,4-16H2,1-3H3. The van der Waals surface area contributed by atoms with Gasteiger partial charge in [0.25, 0.3) is 0 Å². The molecule has 0 amide bonds. The van der Waals surface area contributed by atoms with E-state index in [1.54, 1.807) is 44.9 Å². The largest absolute Gasteiger partial charge is 0.0648 e. The van der Waals surface area contributed by atoms with Crippen LogP contribution < -0.4 is 0 Å². The van der Waals surface area contributed by atoms with E-state index in [1.807, 2.05) is 0 Å². The number of rotatable bonds is 2. The quantitative estimate of drug-likeness (QED) is 0.514. The van der Waals surface area contributed by atoms with Crippen molar-refractivity contribution >= 4 is 0 Å². The van der Waals surface area contributed by atoms with Gasteiger partial charge < -0.3 is 0 Å². The normalized spacial score (nSPS) is 43.3. The zero-order valence-corrected chi connectivity index (χ0v) is 14.9. The molecule has 0 N–H and O–H groups in total. The Balaban J connectivity index is 1.88. The minimum Gasteiger partial charge on any atom is -0.0648 e. The van der Waals surface area contributed by atoms with Crippen LogP contribution in [0.5, 0.6) is 0 Å². The summed E-state index contributed by atoms with van der Waals surface area (Å²) < 4.78 is 0. The Morgan fingerprint density at radius 1 is 0.810 bits per heavy atom. The Kier molecular flexibility index (Phi) is 4.72. The molecule has 0 aromatic rings. The first-order chi connectivity index (χ1) is 10.1. The highest BCUT2D eigenvalue weighted by Gasteiger charge is 2.51. The summed E-state index contributed by atoms with van der Waals surface area (Å²) in [6.45, 7) is 7.63. The van der Waals surface area contributed by atoms with Crippen LogP contribution in [0.3, 0.4) is 0 Å². The Morgan fingerprint density at radius 3 is 2.19 bits per heavy atom. The third-order valence-electron chi connectivity index (χ3n) is 7.90. The lowest BCUT2D eigenvalue weighted by atomic mass is 9.68. The van der Waals surface area contributed by atoms with Gasteiger partial charge in [0, 0.05) is 0 Å². The van der Waals surface area contributed by atoms with E-state index in [-0.39, 0.29) is 0 Å². The summed E-state index contributed by atoms with van der Waals surface area (Å²) in [4.78, 5) is 0. The van der Waals surface area contributed by atoms with Crippen LogP contribution in [-0.4, -0.2) is 0 Å². The SMILES string of the molecule is CCC1(CC)CC2(C)CC3CCCCCC(CC3)CC1C2. The van der Waals surface area contributed by atoms with Crippen molar-refractivity contribution in [1.82, 2.24) is 0 Å². The first kappa shape index (κ1) is 15.9. The maximum Gasteiger partial charge on any atom is -0.0269 e. The molecule has 3 fully saturated rings. The highest BCUT2D eigenvalue weighted by atomic mass is 14.6. The van der Waals surface area contributed by atoms with Gasteiger partial charge in [0.1, 0.15) is 0 Å². The Labute approximate surface area is 133 Å². The molecule has 0 spiro atoms. The second kappa shape index (κ2) is 6.25. The number of hydrogen-bond acceptors (Lipinski definition) is 0. The molecule has 0 heterocycles. The highest BCUT2D eigenvalue weighted by Crippen LogP contribution is 2.62. The minimum absolute atomic E-state index is 0.676. The van der Waals surface area contributed by atoms with E-state index in [9.17, 15) is 0 Å². The van der Waals surface area contributed by atoms with Gasteiger partial charge in [0.2, 0.25) is 0 Å². The summed E-state index contributed by atoms with van der Waals surface area (Å²) in [6, 6.07) is 0. The van der Waals surface area contributed by atoms with Crippen molar-refractivity contribution in [2.24, 2.45) is 28.6 Å². The summed E-state index contributed by atoms with van der Waals surface area (Å²) in [7, 11) is 0. The van der Waals surface area contributed by atoms with Crippen molar-refractivity contribution in [1.29, 1.82) is 0 Å². The van der Waals surface area contributed by atoms with E-state index in [0.717, 1.165) is 17.8 Å². The molecule has 0 heteroatoms. The maximum absolute atomic E-state index is 2.66. The van der Waals surface area contributed by atoms with E-state index in [0.29, 0.717) is 10.8 Å². The molecule has 0 aliphatic heterocycles. The fraction of sp³-hybridized carbons (Fsp3) is 1.00. The van der Waals surface area contributed by atoms with Crippen molar-refractivity contribution < 1.29 is 0 Å². The van der Waals surface area contributed by atoms with Crippen LogP contribution in [-0.2, 0) is 0 Å². The maximum atomic E-state index is 2.66. The van der Waals surface area contributed by atoms with E-state index >= 15 is 0 Å². The summed E-state index contributed by atoms with van der Waals surface area (Å²) in [6.07, 6.45) is 19.8. The molecule has 4 bridgehead atoms. The minimum atomic E-state index is 0.676. The van der Waals surface area contributed by atoms with E-state index in [4.69, 9.17) is 0 Å². The third kappa shape index (κ3) is 3.20. The van der Waals surface area contributed by atoms with Crippen molar-refractivity contribution in [3.05, 3.63) is 0 Å². The van der Waals surface area contributed by atoms with Crippen molar-refractivity contribution in [3.8, 4) is 0 Å². The van der Waals surface area contributed by atoms with Gasteiger partial charge in [-0.2, -0.15) is 0 Å². The molecule has 4 atom stereocenters. The van der Waals surface area contributed by atoms with Crippen LogP contribution in [0.15, 0.2) is 0 Å². The molecular formula is C21H38. The van der Waals surface area contributed by atoms with Gasteiger partial charge in [0.05, 0.1) is 0 Å². The molecule has 3 aliphatic rings. The molecule has 0 aromatic heterocycles. The first-order valence-electron chi connectivity index (χ1n) is 10.1. The summed E-state index contributed by atoms with van der Waals surface area (Å²) >= 11 is 0. The molecule has 21 heavy (non-hydrogen) atoms. The molecular weight excluding hydrogens is 252 g/mol. The molecule has 0 saturated heterocycles. The van der Waals surface area contributed by atoms with E-state index < -0.39 is 0 Å². The first-order valence-corrected chi connectivity index (χ1v) is 10.1. The van der Waals surface area contributed by atoms with E-state index in [1.165, 1.54) is 38.5 Å². The Morgan fingerprint density at radius 2 is 1.48 bits per heavy atom. The van der Waals surface area contributed by atoms with Gasteiger partial charge >= 0.3 is 0 Å². The average Bonchev–Trinajstić information content (AvgIpc) is 2.82. The number of hydrogen-bond donors (Lipinski definition) is 0. The van der Waals surface area contributed by atoms with Crippen LogP contribution in [0, 0.1) is 28.6 Å². The lowest BCUT2D eigenvalue weighted by Gasteiger charge is -2.37. The van der Waals surface area contributed by atoms with E-state index in [2.05, 4.69) is 20.8 Å². The van der Waals surface area contributed by atoms with Crippen LogP contribution in [0.1, 0.15) is 104 Å². The fourth-order valence-electron chi connectivity index (χ4n) is 6.79. The van der Waals surface area contributed by atoms with Gasteiger partial charge in [-0.05, 0) is 54.3 Å².